The van der Waals surface area contributed by atoms with Crippen LogP contribution < -0.4 is 4.90 Å². The first-order valence-electron chi connectivity index (χ1n) is 19.2. The fourth-order valence-electron chi connectivity index (χ4n) is 8.12. The average molecular weight is 731 g/mol. The van der Waals surface area contributed by atoms with Gasteiger partial charge in [-0.3, -0.25) is 0 Å². The molecule has 2 heterocycles. The molecule has 0 bridgehead atoms. The molecule has 4 nitrogen and oxygen atoms in total. The predicted molar refractivity (Wildman–Crippen MR) is 235 cm³/mol. The number of nitrogens with zero attached hydrogens (tertiary/aromatic N) is 2. The smallest absolute Gasteiger partial charge is 0.227 e. The third-order valence-corrected chi connectivity index (χ3v) is 10.9. The van der Waals surface area contributed by atoms with E-state index in [1.165, 1.54) is 21.9 Å². The van der Waals surface area contributed by atoms with Crippen LogP contribution in [0.3, 0.4) is 0 Å². The minimum absolute atomic E-state index is 0.579. The molecule has 268 valence electrons. The molecule has 11 rings (SSSR count). The fourth-order valence-corrected chi connectivity index (χ4v) is 8.12. The molecule has 0 saturated carbocycles. The molecule has 57 heavy (non-hydrogen) atoms. The normalized spacial score (nSPS) is 11.5. The molecule has 0 aliphatic carbocycles. The first-order valence-corrected chi connectivity index (χ1v) is 19.2. The van der Waals surface area contributed by atoms with Crippen molar-refractivity contribution in [2.24, 2.45) is 0 Å². The minimum atomic E-state index is 0.579. The first-order chi connectivity index (χ1) is 28.2. The van der Waals surface area contributed by atoms with Crippen LogP contribution in [0.4, 0.5) is 17.1 Å². The zero-order valence-electron chi connectivity index (χ0n) is 30.8. The van der Waals surface area contributed by atoms with Crippen molar-refractivity contribution in [3.05, 3.63) is 206 Å². The van der Waals surface area contributed by atoms with Crippen molar-refractivity contribution >= 4 is 60.9 Å². The third kappa shape index (κ3) is 5.74. The highest BCUT2D eigenvalue weighted by atomic mass is 16.4. The summed E-state index contributed by atoms with van der Waals surface area (Å²) in [7, 11) is 0. The number of hydrogen-bond acceptors (Lipinski definition) is 4. The van der Waals surface area contributed by atoms with Crippen molar-refractivity contribution in [1.82, 2.24) is 4.98 Å². The van der Waals surface area contributed by atoms with E-state index >= 15 is 0 Å². The number of aromatic nitrogens is 1. The van der Waals surface area contributed by atoms with Gasteiger partial charge in [-0.15, -0.1) is 0 Å². The van der Waals surface area contributed by atoms with Gasteiger partial charge in [-0.1, -0.05) is 146 Å². The van der Waals surface area contributed by atoms with Gasteiger partial charge in [-0.05, 0) is 93.7 Å². The first kappa shape index (κ1) is 32.7. The fraction of sp³-hybridized carbons (Fsp3) is 0. The molecule has 0 saturated heterocycles. The molecule has 0 amide bonds. The second kappa shape index (κ2) is 13.6. The molecule has 0 fully saturated rings. The van der Waals surface area contributed by atoms with E-state index in [2.05, 4.69) is 163 Å². The van der Waals surface area contributed by atoms with Crippen LogP contribution in [0.5, 0.6) is 0 Å². The number of furan rings is 1. The zero-order valence-corrected chi connectivity index (χ0v) is 30.8. The van der Waals surface area contributed by atoms with Gasteiger partial charge in [0.1, 0.15) is 16.7 Å². The van der Waals surface area contributed by atoms with Crippen molar-refractivity contribution in [3.63, 3.8) is 0 Å². The summed E-state index contributed by atoms with van der Waals surface area (Å²) in [6.45, 7) is 0. The Morgan fingerprint density at radius 2 is 0.982 bits per heavy atom. The molecular formula is C53H34N2O2. The lowest BCUT2D eigenvalue weighted by Crippen LogP contribution is -2.11. The largest absolute Gasteiger partial charge is 0.455 e. The third-order valence-electron chi connectivity index (χ3n) is 10.9. The summed E-state index contributed by atoms with van der Waals surface area (Å²) >= 11 is 0. The van der Waals surface area contributed by atoms with E-state index in [-0.39, 0.29) is 0 Å². The van der Waals surface area contributed by atoms with E-state index in [1.807, 2.05) is 48.5 Å². The second-order valence-corrected chi connectivity index (χ2v) is 14.3. The molecule has 0 aliphatic rings. The van der Waals surface area contributed by atoms with Crippen LogP contribution >= 0.6 is 0 Å². The van der Waals surface area contributed by atoms with Crippen LogP contribution in [-0.2, 0) is 0 Å². The Kier molecular flexibility index (Phi) is 7.78. The van der Waals surface area contributed by atoms with Gasteiger partial charge >= 0.3 is 0 Å². The van der Waals surface area contributed by atoms with Crippen LogP contribution in [0.25, 0.3) is 88.6 Å². The van der Waals surface area contributed by atoms with Crippen molar-refractivity contribution in [3.8, 4) is 44.8 Å². The van der Waals surface area contributed by atoms with E-state index < -0.39 is 0 Å². The Hall–Kier alpha value is -7.69. The topological polar surface area (TPSA) is 42.4 Å². The Labute approximate surface area is 329 Å². The number of rotatable bonds is 7. The maximum absolute atomic E-state index is 6.62. The summed E-state index contributed by atoms with van der Waals surface area (Å²) in [4.78, 5) is 7.35. The summed E-state index contributed by atoms with van der Waals surface area (Å²) in [5.74, 6) is 0.579. The SMILES string of the molecule is c1ccc(-c2ccc(N(c3ccc(-c4c5oc(-c6ccccc6)nc5cc5c4oc4ccccc45)cc3)c3ccccc3-c3ccc4ccccc4c3)cc2)cc1. The summed E-state index contributed by atoms with van der Waals surface area (Å²) in [6, 6.07) is 72.3. The summed E-state index contributed by atoms with van der Waals surface area (Å²) in [6.07, 6.45) is 0. The number of benzene rings is 9. The number of anilines is 3. The lowest BCUT2D eigenvalue weighted by atomic mass is 9.98. The van der Waals surface area contributed by atoms with Gasteiger partial charge in [0.15, 0.2) is 5.58 Å². The summed E-state index contributed by atoms with van der Waals surface area (Å²) in [5, 5.41) is 4.49. The van der Waals surface area contributed by atoms with Gasteiger partial charge < -0.3 is 13.7 Å². The molecule has 0 atom stereocenters. The monoisotopic (exact) mass is 730 g/mol. The standard InChI is InChI=1S/C53H34N2O2/c1-3-13-35(14-4-1)37-25-29-42(30-26-37)55(48-21-11-9-19-44(48)41-24-23-36-15-7-8-18-40(36)33-41)43-31-27-38(28-32-43)50-51-46(45-20-10-12-22-49(45)56-51)34-47-52(50)57-53(54-47)39-16-5-2-6-17-39/h1-34H. The summed E-state index contributed by atoms with van der Waals surface area (Å²) in [5.41, 5.74) is 13.7. The van der Waals surface area contributed by atoms with Gasteiger partial charge in [-0.2, -0.15) is 0 Å². The lowest BCUT2D eigenvalue weighted by Gasteiger charge is -2.28. The van der Waals surface area contributed by atoms with Crippen LogP contribution in [0, 0.1) is 0 Å². The zero-order chi connectivity index (χ0) is 37.7. The molecule has 0 unspecified atom stereocenters. The maximum Gasteiger partial charge on any atom is 0.227 e. The molecule has 0 aliphatic heterocycles. The van der Waals surface area contributed by atoms with E-state index in [1.54, 1.807) is 0 Å². The van der Waals surface area contributed by atoms with Crippen LogP contribution in [0.15, 0.2) is 215 Å². The van der Waals surface area contributed by atoms with Crippen LogP contribution in [-0.4, -0.2) is 4.98 Å². The van der Waals surface area contributed by atoms with Crippen molar-refractivity contribution < 1.29 is 8.83 Å². The van der Waals surface area contributed by atoms with Crippen molar-refractivity contribution in [2.75, 3.05) is 4.90 Å². The van der Waals surface area contributed by atoms with E-state index in [0.29, 0.717) is 11.5 Å². The van der Waals surface area contributed by atoms with Gasteiger partial charge in [0.05, 0.1) is 11.3 Å². The van der Waals surface area contributed by atoms with Crippen LogP contribution in [0.2, 0.25) is 0 Å². The molecular weight excluding hydrogens is 697 g/mol. The average Bonchev–Trinajstić information content (AvgIpc) is 3.88. The Bertz CT molecular complexity index is 3220. The van der Waals surface area contributed by atoms with Gasteiger partial charge in [0, 0.05) is 33.3 Å². The number of hydrogen-bond donors (Lipinski definition) is 0. The molecule has 0 radical (unpaired) electrons. The number of para-hydroxylation sites is 2. The second-order valence-electron chi connectivity index (χ2n) is 14.3. The Morgan fingerprint density at radius 3 is 1.75 bits per heavy atom. The van der Waals surface area contributed by atoms with E-state index in [0.717, 1.165) is 72.3 Å². The summed E-state index contributed by atoms with van der Waals surface area (Å²) < 4.78 is 13.2. The lowest BCUT2D eigenvalue weighted by molar-refractivity contribution is 0.619. The van der Waals surface area contributed by atoms with Crippen molar-refractivity contribution in [1.29, 1.82) is 0 Å². The quantitative estimate of drug-likeness (QED) is 0.164. The Balaban J connectivity index is 1.08. The highest BCUT2D eigenvalue weighted by molar-refractivity contribution is 6.16. The highest BCUT2D eigenvalue weighted by Gasteiger charge is 2.23. The predicted octanol–water partition coefficient (Wildman–Crippen LogP) is 15.0. The van der Waals surface area contributed by atoms with Gasteiger partial charge in [0.2, 0.25) is 5.89 Å². The molecule has 4 heteroatoms. The molecule has 0 N–H and O–H groups in total. The highest BCUT2D eigenvalue weighted by Crippen LogP contribution is 2.45. The Morgan fingerprint density at radius 1 is 0.386 bits per heavy atom. The molecule has 0 spiro atoms. The number of oxazole rings is 1. The number of fused-ring (bicyclic) bond motifs is 5. The maximum atomic E-state index is 6.62. The van der Waals surface area contributed by atoms with E-state index in [4.69, 9.17) is 13.8 Å². The van der Waals surface area contributed by atoms with Gasteiger partial charge in [-0.25, -0.2) is 4.98 Å². The van der Waals surface area contributed by atoms with Crippen molar-refractivity contribution in [2.45, 2.75) is 0 Å². The van der Waals surface area contributed by atoms with E-state index in [9.17, 15) is 0 Å². The van der Waals surface area contributed by atoms with Gasteiger partial charge in [0.25, 0.3) is 0 Å². The van der Waals surface area contributed by atoms with Crippen LogP contribution in [0.1, 0.15) is 0 Å². The molecule has 2 aromatic heterocycles. The minimum Gasteiger partial charge on any atom is -0.455 e. The molecule has 11 aromatic rings. The molecule has 9 aromatic carbocycles.